The van der Waals surface area contributed by atoms with Gasteiger partial charge in [-0.2, -0.15) is 0 Å². The minimum absolute atomic E-state index is 0.207. The van der Waals surface area contributed by atoms with Gasteiger partial charge >= 0.3 is 11.9 Å². The van der Waals surface area contributed by atoms with E-state index in [9.17, 15) is 9.59 Å². The van der Waals surface area contributed by atoms with Gasteiger partial charge in [-0.05, 0) is 6.42 Å². The highest BCUT2D eigenvalue weighted by molar-refractivity contribution is 5.74. The standard InChI is InChI=1S/C12H22O4/c1-4-6-7-8-9-10(3)12(14)16-15-11(13)5-2/h10H,4-9H2,1-3H3. The maximum atomic E-state index is 11.3. The van der Waals surface area contributed by atoms with Crippen molar-refractivity contribution < 1.29 is 19.4 Å². The van der Waals surface area contributed by atoms with Crippen LogP contribution in [0, 0.1) is 5.92 Å². The molecule has 0 aromatic rings. The number of carbonyl (C=O) groups excluding carboxylic acids is 2. The fraction of sp³-hybridized carbons (Fsp3) is 0.833. The van der Waals surface area contributed by atoms with Crippen molar-refractivity contribution in [3.63, 3.8) is 0 Å². The molecule has 0 N–H and O–H groups in total. The van der Waals surface area contributed by atoms with E-state index in [1.807, 2.05) is 0 Å². The van der Waals surface area contributed by atoms with E-state index >= 15 is 0 Å². The van der Waals surface area contributed by atoms with Crippen LogP contribution in [0.4, 0.5) is 0 Å². The smallest absolute Gasteiger partial charge is 0.247 e. The van der Waals surface area contributed by atoms with Crippen molar-refractivity contribution >= 4 is 11.9 Å². The fourth-order valence-corrected chi connectivity index (χ4v) is 1.22. The molecule has 0 aromatic heterocycles. The molecule has 0 saturated heterocycles. The lowest BCUT2D eigenvalue weighted by atomic mass is 10.0. The minimum Gasteiger partial charge on any atom is -0.247 e. The van der Waals surface area contributed by atoms with Crippen LogP contribution in [-0.4, -0.2) is 11.9 Å². The molecule has 0 bridgehead atoms. The van der Waals surface area contributed by atoms with E-state index in [2.05, 4.69) is 16.7 Å². The van der Waals surface area contributed by atoms with Gasteiger partial charge in [0.1, 0.15) is 0 Å². The first-order chi connectivity index (χ1) is 7.61. The topological polar surface area (TPSA) is 52.6 Å². The molecule has 0 radical (unpaired) electrons. The summed E-state index contributed by atoms with van der Waals surface area (Å²) in [6.07, 6.45) is 5.48. The van der Waals surface area contributed by atoms with Crippen LogP contribution >= 0.6 is 0 Å². The molecule has 0 heterocycles. The molecule has 0 fully saturated rings. The summed E-state index contributed by atoms with van der Waals surface area (Å²) in [5.74, 6) is -1.19. The molecule has 94 valence electrons. The van der Waals surface area contributed by atoms with Gasteiger partial charge in [0.15, 0.2) is 0 Å². The van der Waals surface area contributed by atoms with Crippen molar-refractivity contribution in [1.29, 1.82) is 0 Å². The quantitative estimate of drug-likeness (QED) is 0.383. The van der Waals surface area contributed by atoms with Crippen LogP contribution in [0.25, 0.3) is 0 Å². The Morgan fingerprint density at radius 3 is 2.31 bits per heavy atom. The van der Waals surface area contributed by atoms with Gasteiger partial charge in [-0.25, -0.2) is 19.4 Å². The van der Waals surface area contributed by atoms with Gasteiger partial charge in [0.2, 0.25) is 0 Å². The summed E-state index contributed by atoms with van der Waals surface area (Å²) in [7, 11) is 0. The number of hydrogen-bond donors (Lipinski definition) is 0. The van der Waals surface area contributed by atoms with Gasteiger partial charge in [0.25, 0.3) is 0 Å². The van der Waals surface area contributed by atoms with Gasteiger partial charge in [-0.15, -0.1) is 0 Å². The Morgan fingerprint density at radius 1 is 1.06 bits per heavy atom. The summed E-state index contributed by atoms with van der Waals surface area (Å²) >= 11 is 0. The van der Waals surface area contributed by atoms with E-state index in [-0.39, 0.29) is 12.3 Å². The Hall–Kier alpha value is -1.06. The predicted octanol–water partition coefficient (Wildman–Crippen LogP) is 3.00. The lowest BCUT2D eigenvalue weighted by molar-refractivity contribution is -0.261. The summed E-state index contributed by atoms with van der Waals surface area (Å²) in [4.78, 5) is 30.8. The van der Waals surface area contributed by atoms with Crippen LogP contribution in [0.2, 0.25) is 0 Å². The maximum Gasteiger partial charge on any atom is 0.358 e. The molecular formula is C12H22O4. The molecule has 0 aliphatic carbocycles. The van der Waals surface area contributed by atoms with Crippen molar-refractivity contribution in [1.82, 2.24) is 0 Å². The molecule has 4 heteroatoms. The van der Waals surface area contributed by atoms with Crippen molar-refractivity contribution in [3.8, 4) is 0 Å². The second kappa shape index (κ2) is 9.19. The Balaban J connectivity index is 3.61. The molecule has 0 spiro atoms. The average molecular weight is 230 g/mol. The zero-order valence-corrected chi connectivity index (χ0v) is 10.5. The summed E-state index contributed by atoms with van der Waals surface area (Å²) in [5, 5.41) is 0. The minimum atomic E-state index is -0.522. The SMILES string of the molecule is CCCCCCC(C)C(=O)OOC(=O)CC. The third-order valence-electron chi connectivity index (χ3n) is 2.40. The average Bonchev–Trinajstić information content (AvgIpc) is 2.30. The number of carbonyl (C=O) groups is 2. The Labute approximate surface area is 97.2 Å². The molecule has 4 nitrogen and oxygen atoms in total. The zero-order chi connectivity index (χ0) is 12.4. The van der Waals surface area contributed by atoms with Gasteiger partial charge in [-0.3, -0.25) is 0 Å². The molecule has 0 aliphatic heterocycles. The van der Waals surface area contributed by atoms with Crippen molar-refractivity contribution in [2.45, 2.75) is 59.3 Å². The fourth-order valence-electron chi connectivity index (χ4n) is 1.22. The van der Waals surface area contributed by atoms with Gasteiger partial charge < -0.3 is 0 Å². The molecule has 0 aromatic carbocycles. The highest BCUT2D eigenvalue weighted by atomic mass is 17.2. The van der Waals surface area contributed by atoms with Crippen LogP contribution in [0.5, 0.6) is 0 Å². The molecule has 16 heavy (non-hydrogen) atoms. The van der Waals surface area contributed by atoms with Gasteiger partial charge in [-0.1, -0.05) is 46.5 Å². The van der Waals surface area contributed by atoms with Crippen molar-refractivity contribution in [2.24, 2.45) is 5.92 Å². The summed E-state index contributed by atoms with van der Waals surface area (Å²) in [6.45, 7) is 5.57. The van der Waals surface area contributed by atoms with E-state index in [0.29, 0.717) is 0 Å². The summed E-state index contributed by atoms with van der Waals surface area (Å²) < 4.78 is 0. The van der Waals surface area contributed by atoms with Gasteiger partial charge in [0, 0.05) is 6.42 Å². The van der Waals surface area contributed by atoms with E-state index in [4.69, 9.17) is 0 Å². The first kappa shape index (κ1) is 14.9. The van der Waals surface area contributed by atoms with Gasteiger partial charge in [0.05, 0.1) is 5.92 Å². The van der Waals surface area contributed by atoms with Crippen molar-refractivity contribution in [3.05, 3.63) is 0 Å². The molecule has 0 aliphatic rings. The second-order valence-corrected chi connectivity index (χ2v) is 3.96. The van der Waals surface area contributed by atoms with Crippen molar-refractivity contribution in [2.75, 3.05) is 0 Å². The third-order valence-corrected chi connectivity index (χ3v) is 2.40. The van der Waals surface area contributed by atoms with Crippen LogP contribution in [0.3, 0.4) is 0 Å². The van der Waals surface area contributed by atoms with Crippen LogP contribution < -0.4 is 0 Å². The predicted molar refractivity (Wildman–Crippen MR) is 60.4 cm³/mol. The van der Waals surface area contributed by atoms with E-state index in [1.54, 1.807) is 13.8 Å². The Kier molecular flexibility index (Phi) is 8.58. The summed E-state index contributed by atoms with van der Waals surface area (Å²) in [6, 6.07) is 0. The molecular weight excluding hydrogens is 208 g/mol. The van der Waals surface area contributed by atoms with Crippen LogP contribution in [-0.2, 0) is 19.4 Å². The number of unbranched alkanes of at least 4 members (excludes halogenated alkanes) is 3. The molecule has 0 amide bonds. The zero-order valence-electron chi connectivity index (χ0n) is 10.5. The molecule has 1 unspecified atom stereocenters. The maximum absolute atomic E-state index is 11.3. The largest absolute Gasteiger partial charge is 0.358 e. The monoisotopic (exact) mass is 230 g/mol. The van der Waals surface area contributed by atoms with E-state index < -0.39 is 11.9 Å². The Bertz CT molecular complexity index is 213. The molecule has 1 atom stereocenters. The van der Waals surface area contributed by atoms with Crippen LogP contribution in [0.15, 0.2) is 0 Å². The third kappa shape index (κ3) is 7.26. The van der Waals surface area contributed by atoms with E-state index in [1.165, 1.54) is 12.8 Å². The van der Waals surface area contributed by atoms with E-state index in [0.717, 1.165) is 19.3 Å². The van der Waals surface area contributed by atoms with Crippen LogP contribution in [0.1, 0.15) is 59.3 Å². The first-order valence-corrected chi connectivity index (χ1v) is 6.03. The first-order valence-electron chi connectivity index (χ1n) is 6.03. The lowest BCUT2D eigenvalue weighted by Crippen LogP contribution is -2.17. The molecule has 0 saturated carbocycles. The lowest BCUT2D eigenvalue weighted by Gasteiger charge is -2.08. The molecule has 0 rings (SSSR count). The highest BCUT2D eigenvalue weighted by Crippen LogP contribution is 2.12. The Morgan fingerprint density at radius 2 is 1.75 bits per heavy atom. The normalized spacial score (nSPS) is 11.9. The highest BCUT2D eigenvalue weighted by Gasteiger charge is 2.16. The second-order valence-electron chi connectivity index (χ2n) is 3.96. The number of hydrogen-bond acceptors (Lipinski definition) is 4. The number of rotatable bonds is 7. The summed E-state index contributed by atoms with van der Waals surface area (Å²) in [5.41, 5.74) is 0.